The number of rotatable bonds is 2. The minimum absolute atomic E-state index is 0.368. The summed E-state index contributed by atoms with van der Waals surface area (Å²) in [5, 5.41) is 8.88. The van der Waals surface area contributed by atoms with Crippen LogP contribution in [0.15, 0.2) is 21.8 Å². The van der Waals surface area contributed by atoms with Crippen LogP contribution in [0, 0.1) is 0 Å². The van der Waals surface area contributed by atoms with E-state index in [-0.39, 0.29) is 0 Å². The Bertz CT molecular complexity index is 332. The third kappa shape index (κ3) is 2.98. The first-order valence-corrected chi connectivity index (χ1v) is 7.18. The zero-order valence-corrected chi connectivity index (χ0v) is 10.7. The van der Waals surface area contributed by atoms with Gasteiger partial charge in [0.05, 0.1) is 12.1 Å². The van der Waals surface area contributed by atoms with Crippen LogP contribution in [0.1, 0.15) is 31.9 Å². The van der Waals surface area contributed by atoms with Crippen LogP contribution < -0.4 is 5.32 Å². The van der Waals surface area contributed by atoms with Gasteiger partial charge in [-0.2, -0.15) is 11.3 Å². The van der Waals surface area contributed by atoms with Crippen molar-refractivity contribution in [3.8, 4) is 0 Å². The highest BCUT2D eigenvalue weighted by molar-refractivity contribution is 8.13. The van der Waals surface area contributed by atoms with E-state index in [2.05, 4.69) is 41.0 Å². The standard InChI is InChI=1S/C11H16N2S2/c1-8-3-6-15-11(12-8)13-9(2)10-4-5-14-7-10/h4-5,7-9H,3,6H2,1-2H3,(H,12,13). The molecule has 0 spiro atoms. The topological polar surface area (TPSA) is 24.4 Å². The molecule has 0 fully saturated rings. The van der Waals surface area contributed by atoms with E-state index in [1.807, 2.05) is 11.8 Å². The van der Waals surface area contributed by atoms with Gasteiger partial charge in [0.2, 0.25) is 0 Å². The molecule has 2 nitrogen and oxygen atoms in total. The van der Waals surface area contributed by atoms with E-state index in [1.165, 1.54) is 17.7 Å². The fourth-order valence-corrected chi connectivity index (χ4v) is 3.42. The van der Waals surface area contributed by atoms with Gasteiger partial charge in [-0.3, -0.25) is 4.99 Å². The van der Waals surface area contributed by atoms with Gasteiger partial charge in [0.1, 0.15) is 0 Å². The van der Waals surface area contributed by atoms with E-state index in [0.29, 0.717) is 12.1 Å². The number of aliphatic imine (C=N–C) groups is 1. The van der Waals surface area contributed by atoms with Crippen LogP contribution in [-0.4, -0.2) is 17.0 Å². The summed E-state index contributed by atoms with van der Waals surface area (Å²) in [5.41, 5.74) is 1.35. The summed E-state index contributed by atoms with van der Waals surface area (Å²) in [4.78, 5) is 4.60. The molecular formula is C11H16N2S2. The van der Waals surface area contributed by atoms with Crippen LogP contribution in [-0.2, 0) is 0 Å². The Balaban J connectivity index is 1.97. The highest BCUT2D eigenvalue weighted by Gasteiger charge is 2.14. The fraction of sp³-hybridized carbons (Fsp3) is 0.545. The molecule has 1 aliphatic heterocycles. The lowest BCUT2D eigenvalue weighted by atomic mass is 10.2. The van der Waals surface area contributed by atoms with Crippen molar-refractivity contribution < 1.29 is 0 Å². The summed E-state index contributed by atoms with van der Waals surface area (Å²) in [5.74, 6) is 1.18. The Morgan fingerprint density at radius 1 is 1.60 bits per heavy atom. The molecule has 0 bridgehead atoms. The van der Waals surface area contributed by atoms with Crippen LogP contribution >= 0.6 is 23.1 Å². The highest BCUT2D eigenvalue weighted by atomic mass is 32.2. The molecule has 1 N–H and O–H groups in total. The van der Waals surface area contributed by atoms with Gasteiger partial charge in [-0.15, -0.1) is 0 Å². The summed E-state index contributed by atoms with van der Waals surface area (Å²) < 4.78 is 0. The van der Waals surface area contributed by atoms with Crippen LogP contribution in [0.4, 0.5) is 0 Å². The van der Waals surface area contributed by atoms with Crippen molar-refractivity contribution >= 4 is 28.3 Å². The molecule has 1 aromatic heterocycles. The predicted octanol–water partition coefficient (Wildman–Crippen LogP) is 3.28. The molecule has 1 aliphatic rings. The zero-order valence-electron chi connectivity index (χ0n) is 9.06. The lowest BCUT2D eigenvalue weighted by Gasteiger charge is -2.21. The van der Waals surface area contributed by atoms with E-state index in [1.54, 1.807) is 11.3 Å². The van der Waals surface area contributed by atoms with Crippen molar-refractivity contribution in [1.82, 2.24) is 5.32 Å². The molecule has 2 heterocycles. The normalized spacial score (nSPS) is 23.3. The third-order valence-electron chi connectivity index (χ3n) is 2.50. The Morgan fingerprint density at radius 2 is 2.47 bits per heavy atom. The van der Waals surface area contributed by atoms with E-state index >= 15 is 0 Å². The van der Waals surface area contributed by atoms with Crippen molar-refractivity contribution in [3.63, 3.8) is 0 Å². The fourth-order valence-electron chi connectivity index (χ4n) is 1.50. The molecule has 1 aromatic rings. The van der Waals surface area contributed by atoms with E-state index in [4.69, 9.17) is 0 Å². The monoisotopic (exact) mass is 240 g/mol. The second-order valence-electron chi connectivity index (χ2n) is 3.84. The average Bonchev–Trinajstić information content (AvgIpc) is 2.70. The highest BCUT2D eigenvalue weighted by Crippen LogP contribution is 2.20. The molecule has 0 radical (unpaired) electrons. The Hall–Kier alpha value is -0.480. The average molecular weight is 240 g/mol. The maximum absolute atomic E-state index is 4.60. The van der Waals surface area contributed by atoms with E-state index < -0.39 is 0 Å². The first-order chi connectivity index (χ1) is 7.25. The number of hydrogen-bond acceptors (Lipinski definition) is 4. The summed E-state index contributed by atoms with van der Waals surface area (Å²) in [7, 11) is 0. The summed E-state index contributed by atoms with van der Waals surface area (Å²) in [6.45, 7) is 4.36. The molecule has 2 unspecified atom stereocenters. The Labute approximate surface area is 99.2 Å². The van der Waals surface area contributed by atoms with Crippen molar-refractivity contribution in [2.75, 3.05) is 5.75 Å². The number of thiophene rings is 1. The number of thioether (sulfide) groups is 1. The van der Waals surface area contributed by atoms with Crippen LogP contribution in [0.25, 0.3) is 0 Å². The van der Waals surface area contributed by atoms with Gasteiger partial charge in [0.25, 0.3) is 0 Å². The predicted molar refractivity (Wildman–Crippen MR) is 69.8 cm³/mol. The smallest absolute Gasteiger partial charge is 0.157 e. The first kappa shape index (κ1) is 11.0. The maximum Gasteiger partial charge on any atom is 0.157 e. The summed E-state index contributed by atoms with van der Waals surface area (Å²) in [6, 6.07) is 3.01. The molecule has 0 amide bonds. The molecule has 15 heavy (non-hydrogen) atoms. The largest absolute Gasteiger partial charge is 0.358 e. The van der Waals surface area contributed by atoms with Crippen molar-refractivity contribution in [1.29, 1.82) is 0 Å². The van der Waals surface area contributed by atoms with Gasteiger partial charge in [0.15, 0.2) is 5.17 Å². The number of nitrogens with zero attached hydrogens (tertiary/aromatic N) is 1. The summed E-state index contributed by atoms with van der Waals surface area (Å²) >= 11 is 3.58. The Kier molecular flexibility index (Phi) is 3.70. The van der Waals surface area contributed by atoms with Crippen LogP contribution in [0.2, 0.25) is 0 Å². The molecule has 0 aliphatic carbocycles. The van der Waals surface area contributed by atoms with Gasteiger partial charge >= 0.3 is 0 Å². The number of nitrogens with one attached hydrogen (secondary N) is 1. The van der Waals surface area contributed by atoms with Gasteiger partial charge < -0.3 is 5.32 Å². The van der Waals surface area contributed by atoms with Crippen molar-refractivity contribution in [2.24, 2.45) is 4.99 Å². The second kappa shape index (κ2) is 5.03. The third-order valence-corrected chi connectivity index (χ3v) is 4.13. The number of hydrogen-bond donors (Lipinski definition) is 1. The molecule has 2 rings (SSSR count). The van der Waals surface area contributed by atoms with Gasteiger partial charge in [-0.25, -0.2) is 0 Å². The minimum Gasteiger partial charge on any atom is -0.358 e. The zero-order chi connectivity index (χ0) is 10.7. The van der Waals surface area contributed by atoms with Crippen molar-refractivity contribution in [2.45, 2.75) is 32.4 Å². The molecule has 0 aromatic carbocycles. The molecule has 4 heteroatoms. The minimum atomic E-state index is 0.368. The first-order valence-electron chi connectivity index (χ1n) is 5.25. The van der Waals surface area contributed by atoms with Crippen molar-refractivity contribution in [3.05, 3.63) is 22.4 Å². The maximum atomic E-state index is 4.60. The van der Waals surface area contributed by atoms with Gasteiger partial charge in [0, 0.05) is 5.75 Å². The van der Waals surface area contributed by atoms with Gasteiger partial charge in [-0.1, -0.05) is 11.8 Å². The van der Waals surface area contributed by atoms with Gasteiger partial charge in [-0.05, 0) is 42.7 Å². The molecule has 0 saturated heterocycles. The number of amidine groups is 1. The van der Waals surface area contributed by atoms with Crippen LogP contribution in [0.3, 0.4) is 0 Å². The molecule has 2 atom stereocenters. The van der Waals surface area contributed by atoms with E-state index in [0.717, 1.165) is 5.17 Å². The molecular weight excluding hydrogens is 224 g/mol. The second-order valence-corrected chi connectivity index (χ2v) is 5.71. The molecule has 82 valence electrons. The lowest BCUT2D eigenvalue weighted by Crippen LogP contribution is -2.28. The summed E-state index contributed by atoms with van der Waals surface area (Å²) in [6.07, 6.45) is 1.20. The lowest BCUT2D eigenvalue weighted by molar-refractivity contribution is 0.684. The van der Waals surface area contributed by atoms with Crippen LogP contribution in [0.5, 0.6) is 0 Å². The SMILES string of the molecule is CC1CCSC(NC(C)c2ccsc2)=N1. The Morgan fingerprint density at radius 3 is 3.13 bits per heavy atom. The quantitative estimate of drug-likeness (QED) is 0.858. The molecule has 0 saturated carbocycles. The van der Waals surface area contributed by atoms with E-state index in [9.17, 15) is 0 Å².